The number of hydrogen-bond acceptors (Lipinski definition) is 2. The Bertz CT molecular complexity index is 550. The molecule has 0 saturated carbocycles. The van der Waals surface area contributed by atoms with Crippen molar-refractivity contribution in [2.45, 2.75) is 0 Å². The minimum atomic E-state index is -0.795. The number of halogens is 3. The second kappa shape index (κ2) is 4.78. The van der Waals surface area contributed by atoms with Gasteiger partial charge in [0.25, 0.3) is 0 Å². The van der Waals surface area contributed by atoms with E-state index in [1.807, 2.05) is 0 Å². The summed E-state index contributed by atoms with van der Waals surface area (Å²) in [6, 6.07) is 8.23. The third-order valence-electron chi connectivity index (χ3n) is 2.01. The fourth-order valence-electron chi connectivity index (χ4n) is 1.18. The molecule has 0 unspecified atom stereocenters. The van der Waals surface area contributed by atoms with Crippen LogP contribution in [0, 0.1) is 17.5 Å². The summed E-state index contributed by atoms with van der Waals surface area (Å²) < 4.78 is 38.3. The number of hydrogen-bond donors (Lipinski definition) is 0. The first-order chi connectivity index (χ1) is 8.15. The van der Waals surface area contributed by atoms with Gasteiger partial charge in [0.05, 0.1) is 5.69 Å². The van der Waals surface area contributed by atoms with E-state index >= 15 is 0 Å². The summed E-state index contributed by atoms with van der Waals surface area (Å²) in [5.41, 5.74) is 0.311. The summed E-state index contributed by atoms with van der Waals surface area (Å²) in [4.78, 5) is 0. The third-order valence-corrected chi connectivity index (χ3v) is 2.01. The van der Waals surface area contributed by atoms with Crippen LogP contribution in [0.15, 0.2) is 52.7 Å². The summed E-state index contributed by atoms with van der Waals surface area (Å²) in [7, 11) is 0. The Morgan fingerprint density at radius 2 is 1.35 bits per heavy atom. The predicted octanol–water partition coefficient (Wildman–Crippen LogP) is 4.52. The Morgan fingerprint density at radius 1 is 0.706 bits per heavy atom. The van der Waals surface area contributed by atoms with Crippen LogP contribution in [0.2, 0.25) is 0 Å². The van der Waals surface area contributed by atoms with Gasteiger partial charge in [-0.2, -0.15) is 5.11 Å². The van der Waals surface area contributed by atoms with Gasteiger partial charge in [-0.3, -0.25) is 0 Å². The molecule has 0 saturated heterocycles. The first-order valence-electron chi connectivity index (χ1n) is 4.77. The van der Waals surface area contributed by atoms with Gasteiger partial charge in [0, 0.05) is 6.07 Å². The SMILES string of the molecule is Fc1ccc(N=Nc2ccc(F)cc2F)cc1. The molecule has 0 fully saturated rings. The van der Waals surface area contributed by atoms with Crippen molar-refractivity contribution >= 4 is 11.4 Å². The van der Waals surface area contributed by atoms with E-state index in [1.54, 1.807) is 0 Å². The molecule has 0 bridgehead atoms. The normalized spacial score (nSPS) is 11.0. The highest BCUT2D eigenvalue weighted by atomic mass is 19.1. The summed E-state index contributed by atoms with van der Waals surface area (Å²) in [6.07, 6.45) is 0. The van der Waals surface area contributed by atoms with Gasteiger partial charge in [0.1, 0.15) is 17.3 Å². The molecule has 86 valence electrons. The minimum Gasteiger partial charge on any atom is -0.207 e. The van der Waals surface area contributed by atoms with Gasteiger partial charge in [0.15, 0.2) is 5.82 Å². The quantitative estimate of drug-likeness (QED) is 0.685. The highest BCUT2D eigenvalue weighted by Gasteiger charge is 2.02. The molecule has 2 aromatic carbocycles. The maximum Gasteiger partial charge on any atom is 0.153 e. The molecular weight excluding hydrogens is 229 g/mol. The van der Waals surface area contributed by atoms with Gasteiger partial charge in [0.2, 0.25) is 0 Å². The predicted molar refractivity (Wildman–Crippen MR) is 56.9 cm³/mol. The van der Waals surface area contributed by atoms with Crippen molar-refractivity contribution in [2.75, 3.05) is 0 Å². The molecule has 2 nitrogen and oxygen atoms in total. The fraction of sp³-hybridized carbons (Fsp3) is 0. The highest BCUT2D eigenvalue weighted by Crippen LogP contribution is 2.21. The summed E-state index contributed by atoms with van der Waals surface area (Å²) >= 11 is 0. The maximum absolute atomic E-state index is 13.2. The van der Waals surface area contributed by atoms with Crippen LogP contribution < -0.4 is 0 Å². The Hall–Kier alpha value is -2.17. The average Bonchev–Trinajstić information content (AvgIpc) is 2.30. The van der Waals surface area contributed by atoms with E-state index in [2.05, 4.69) is 10.2 Å². The van der Waals surface area contributed by atoms with E-state index in [-0.39, 0.29) is 5.69 Å². The van der Waals surface area contributed by atoms with Gasteiger partial charge < -0.3 is 0 Å². The van der Waals surface area contributed by atoms with Crippen molar-refractivity contribution in [3.8, 4) is 0 Å². The van der Waals surface area contributed by atoms with E-state index in [0.717, 1.165) is 12.1 Å². The van der Waals surface area contributed by atoms with Crippen LogP contribution in [0.5, 0.6) is 0 Å². The number of azo groups is 1. The molecule has 17 heavy (non-hydrogen) atoms. The molecule has 0 aromatic heterocycles. The van der Waals surface area contributed by atoms with Crippen LogP contribution in [0.25, 0.3) is 0 Å². The maximum atomic E-state index is 13.2. The van der Waals surface area contributed by atoms with Crippen molar-refractivity contribution in [3.63, 3.8) is 0 Å². The summed E-state index contributed by atoms with van der Waals surface area (Å²) in [5, 5.41) is 7.31. The minimum absolute atomic E-state index is 0.0734. The molecule has 2 rings (SSSR count). The Kier molecular flexibility index (Phi) is 3.18. The molecule has 0 amide bonds. The van der Waals surface area contributed by atoms with Crippen molar-refractivity contribution in [2.24, 2.45) is 10.2 Å². The lowest BCUT2D eigenvalue weighted by molar-refractivity contribution is 0.584. The zero-order chi connectivity index (χ0) is 12.3. The monoisotopic (exact) mass is 236 g/mol. The summed E-state index contributed by atoms with van der Waals surface area (Å²) in [6.45, 7) is 0. The van der Waals surface area contributed by atoms with Crippen LogP contribution in [0.4, 0.5) is 24.5 Å². The van der Waals surface area contributed by atoms with E-state index in [4.69, 9.17) is 0 Å². The largest absolute Gasteiger partial charge is 0.207 e. The molecule has 0 radical (unpaired) electrons. The molecule has 0 N–H and O–H groups in total. The second-order valence-corrected chi connectivity index (χ2v) is 3.27. The Morgan fingerprint density at radius 3 is 2.00 bits per heavy atom. The highest BCUT2D eigenvalue weighted by molar-refractivity contribution is 5.40. The molecule has 0 aliphatic carbocycles. The van der Waals surface area contributed by atoms with Crippen LogP contribution in [0.3, 0.4) is 0 Å². The number of benzene rings is 2. The average molecular weight is 236 g/mol. The molecule has 0 aliphatic rings. The van der Waals surface area contributed by atoms with Crippen LogP contribution in [0.1, 0.15) is 0 Å². The third kappa shape index (κ3) is 2.90. The lowest BCUT2D eigenvalue weighted by atomic mass is 10.3. The van der Waals surface area contributed by atoms with Crippen molar-refractivity contribution in [1.29, 1.82) is 0 Å². The standard InChI is InChI=1S/C12H7F3N2/c13-8-1-4-10(5-2-8)16-17-12-6-3-9(14)7-11(12)15/h1-7H. The van der Waals surface area contributed by atoms with Gasteiger partial charge in [-0.05, 0) is 36.4 Å². The molecule has 5 heteroatoms. The van der Waals surface area contributed by atoms with E-state index in [9.17, 15) is 13.2 Å². The van der Waals surface area contributed by atoms with E-state index in [0.29, 0.717) is 5.69 Å². The molecule has 0 spiro atoms. The molecule has 0 atom stereocenters. The first-order valence-corrected chi connectivity index (χ1v) is 4.77. The lowest BCUT2D eigenvalue weighted by Crippen LogP contribution is -1.78. The van der Waals surface area contributed by atoms with E-state index in [1.165, 1.54) is 30.3 Å². The number of nitrogens with zero attached hydrogens (tertiary/aromatic N) is 2. The van der Waals surface area contributed by atoms with Crippen LogP contribution >= 0.6 is 0 Å². The Balaban J connectivity index is 2.23. The van der Waals surface area contributed by atoms with Crippen molar-refractivity contribution in [1.82, 2.24) is 0 Å². The molecular formula is C12H7F3N2. The topological polar surface area (TPSA) is 24.7 Å². The second-order valence-electron chi connectivity index (χ2n) is 3.27. The van der Waals surface area contributed by atoms with Gasteiger partial charge >= 0.3 is 0 Å². The lowest BCUT2D eigenvalue weighted by Gasteiger charge is -1.95. The molecule has 2 aromatic rings. The fourth-order valence-corrected chi connectivity index (χ4v) is 1.18. The summed E-state index contributed by atoms with van der Waals surface area (Å²) in [5.74, 6) is -1.86. The van der Waals surface area contributed by atoms with Gasteiger partial charge in [-0.15, -0.1) is 5.11 Å². The smallest absolute Gasteiger partial charge is 0.153 e. The zero-order valence-electron chi connectivity index (χ0n) is 8.57. The van der Waals surface area contributed by atoms with Crippen molar-refractivity contribution in [3.05, 3.63) is 59.9 Å². The Labute approximate surface area is 95.4 Å². The van der Waals surface area contributed by atoms with Crippen LogP contribution in [-0.4, -0.2) is 0 Å². The first kappa shape index (κ1) is 11.3. The zero-order valence-corrected chi connectivity index (χ0v) is 8.57. The van der Waals surface area contributed by atoms with Gasteiger partial charge in [-0.25, -0.2) is 13.2 Å². The van der Waals surface area contributed by atoms with Gasteiger partial charge in [-0.1, -0.05) is 0 Å². The number of rotatable bonds is 2. The van der Waals surface area contributed by atoms with Crippen LogP contribution in [-0.2, 0) is 0 Å². The van der Waals surface area contributed by atoms with Crippen molar-refractivity contribution < 1.29 is 13.2 Å². The van der Waals surface area contributed by atoms with E-state index < -0.39 is 17.5 Å². The molecule has 0 heterocycles. The molecule has 0 aliphatic heterocycles.